The molecule has 0 spiro atoms. The molecule has 28 heavy (non-hydrogen) atoms. The van der Waals surface area contributed by atoms with Crippen LogP contribution in [0.3, 0.4) is 0 Å². The van der Waals surface area contributed by atoms with Crippen molar-refractivity contribution in [1.29, 1.82) is 0 Å². The van der Waals surface area contributed by atoms with Gasteiger partial charge in [-0.1, -0.05) is 0 Å². The largest absolute Gasteiger partial charge is 0.472 e. The van der Waals surface area contributed by atoms with E-state index in [-0.39, 0.29) is 22.8 Å². The maximum absolute atomic E-state index is 13.0. The van der Waals surface area contributed by atoms with E-state index in [2.05, 4.69) is 4.98 Å². The minimum absolute atomic E-state index is 0.0617. The van der Waals surface area contributed by atoms with Gasteiger partial charge in [0.1, 0.15) is 15.0 Å². The lowest BCUT2D eigenvalue weighted by Crippen LogP contribution is -2.23. The molecular formula is C17H13F5IN3O2. The molecule has 150 valence electrons. The van der Waals surface area contributed by atoms with Crippen LogP contribution in [0.5, 0.6) is 5.88 Å². The van der Waals surface area contributed by atoms with E-state index in [1.807, 2.05) is 0 Å². The highest BCUT2D eigenvalue weighted by Crippen LogP contribution is 2.31. The van der Waals surface area contributed by atoms with Gasteiger partial charge in [0.05, 0.1) is 11.1 Å². The Hall–Kier alpha value is -2.18. The van der Waals surface area contributed by atoms with Gasteiger partial charge in [-0.3, -0.25) is 9.20 Å². The summed E-state index contributed by atoms with van der Waals surface area (Å²) in [6.07, 6.45) is -2.27. The summed E-state index contributed by atoms with van der Waals surface area (Å²) < 4.78 is 72.6. The number of alkyl halides is 5. The van der Waals surface area contributed by atoms with Gasteiger partial charge in [-0.25, -0.2) is 13.8 Å². The van der Waals surface area contributed by atoms with E-state index in [1.54, 1.807) is 22.6 Å². The molecule has 0 saturated carbocycles. The number of aromatic nitrogens is 3. The molecule has 3 aromatic rings. The first-order chi connectivity index (χ1) is 12.9. The minimum Gasteiger partial charge on any atom is -0.472 e. The van der Waals surface area contributed by atoms with Crippen LogP contribution in [0.15, 0.2) is 35.4 Å². The Morgan fingerprint density at radius 2 is 1.86 bits per heavy atom. The van der Waals surface area contributed by atoms with Gasteiger partial charge in [-0.15, -0.1) is 0 Å². The van der Waals surface area contributed by atoms with Gasteiger partial charge in [0.2, 0.25) is 0 Å². The number of imidazole rings is 1. The molecule has 0 radical (unpaired) electrons. The lowest BCUT2D eigenvalue weighted by molar-refractivity contribution is -0.137. The van der Waals surface area contributed by atoms with E-state index >= 15 is 0 Å². The normalized spacial score (nSPS) is 12.6. The van der Waals surface area contributed by atoms with Gasteiger partial charge in [-0.05, 0) is 34.7 Å². The van der Waals surface area contributed by atoms with Crippen LogP contribution < -0.4 is 10.2 Å². The van der Waals surface area contributed by atoms with E-state index in [1.165, 1.54) is 28.3 Å². The Labute approximate surface area is 168 Å². The number of ether oxygens (including phenoxy) is 1. The van der Waals surface area contributed by atoms with Gasteiger partial charge < -0.3 is 9.30 Å². The maximum atomic E-state index is 13.0. The molecule has 3 rings (SSSR count). The highest BCUT2D eigenvalue weighted by Gasteiger charge is 2.31. The summed E-state index contributed by atoms with van der Waals surface area (Å²) in [6.45, 7) is -0.209. The van der Waals surface area contributed by atoms with Crippen LogP contribution in [0.1, 0.15) is 12.5 Å². The Bertz CT molecular complexity index is 1100. The van der Waals surface area contributed by atoms with Crippen molar-refractivity contribution >= 4 is 28.2 Å². The van der Waals surface area contributed by atoms with Crippen LogP contribution in [0.4, 0.5) is 22.0 Å². The average molecular weight is 513 g/mol. The zero-order valence-corrected chi connectivity index (χ0v) is 16.7. The van der Waals surface area contributed by atoms with Gasteiger partial charge in [0.15, 0.2) is 17.9 Å². The number of rotatable bonds is 4. The number of aryl methyl sites for hydroxylation is 1. The second kappa shape index (κ2) is 7.01. The van der Waals surface area contributed by atoms with Gasteiger partial charge in [-0.2, -0.15) is 13.2 Å². The first kappa shape index (κ1) is 20.6. The molecule has 0 saturated heterocycles. The Morgan fingerprint density at radius 3 is 2.46 bits per heavy atom. The first-order valence-corrected chi connectivity index (χ1v) is 8.91. The summed E-state index contributed by atoms with van der Waals surface area (Å²) in [5.74, 6) is -3.13. The zero-order chi connectivity index (χ0) is 20.9. The third-order valence-corrected chi connectivity index (χ3v) is 4.84. The Morgan fingerprint density at radius 1 is 1.18 bits per heavy atom. The van der Waals surface area contributed by atoms with Crippen LogP contribution >= 0.6 is 22.6 Å². The number of halogens is 6. The number of nitrogens with zero attached hydrogens (tertiary/aromatic N) is 3. The van der Waals surface area contributed by atoms with Crippen LogP contribution in [0, 0.1) is 3.70 Å². The first-order valence-electron chi connectivity index (χ1n) is 7.83. The molecule has 0 aliphatic rings. The lowest BCUT2D eigenvalue weighted by Gasteiger charge is -2.15. The van der Waals surface area contributed by atoms with Crippen molar-refractivity contribution in [2.24, 2.45) is 7.05 Å². The molecule has 0 bridgehead atoms. The van der Waals surface area contributed by atoms with Crippen molar-refractivity contribution in [3.8, 4) is 17.1 Å². The maximum Gasteiger partial charge on any atom is 0.417 e. The van der Waals surface area contributed by atoms with Crippen molar-refractivity contribution in [3.63, 3.8) is 0 Å². The van der Waals surface area contributed by atoms with E-state index < -0.39 is 29.7 Å². The summed E-state index contributed by atoms with van der Waals surface area (Å²) in [5.41, 5.74) is -0.864. The monoisotopic (exact) mass is 513 g/mol. The van der Waals surface area contributed by atoms with Crippen molar-refractivity contribution in [2.75, 3.05) is 6.61 Å². The topological polar surface area (TPSA) is 48.5 Å². The third-order valence-electron chi connectivity index (χ3n) is 3.81. The molecule has 0 aliphatic carbocycles. The second-order valence-electron chi connectivity index (χ2n) is 6.25. The molecule has 5 nitrogen and oxygen atoms in total. The summed E-state index contributed by atoms with van der Waals surface area (Å²) in [5, 5.41) is 0. The number of pyridine rings is 2. The van der Waals surface area contributed by atoms with Gasteiger partial charge in [0, 0.05) is 32.4 Å². The molecule has 0 unspecified atom stereocenters. The Balaban J connectivity index is 2.06. The smallest absolute Gasteiger partial charge is 0.417 e. The molecule has 0 amide bonds. The summed E-state index contributed by atoms with van der Waals surface area (Å²) >= 11 is 1.80. The van der Waals surface area contributed by atoms with Crippen molar-refractivity contribution in [1.82, 2.24) is 14.0 Å². The second-order valence-corrected chi connectivity index (χ2v) is 7.28. The van der Waals surface area contributed by atoms with E-state index in [0.717, 1.165) is 18.3 Å². The van der Waals surface area contributed by atoms with Gasteiger partial charge >= 0.3 is 6.18 Å². The highest BCUT2D eigenvalue weighted by atomic mass is 127. The zero-order valence-electron chi connectivity index (χ0n) is 14.5. The number of hydrogen-bond donors (Lipinski definition) is 0. The number of fused-ring (bicyclic) bond motifs is 1. The molecule has 0 fully saturated rings. The fraction of sp³-hybridized carbons (Fsp3) is 0.294. The van der Waals surface area contributed by atoms with Crippen LogP contribution in [0.2, 0.25) is 0 Å². The molecule has 3 aromatic heterocycles. The standard InChI is InChI=1S/C17H13F5IN3O2/c1-16(18,19)8-28-13-5-11(27)10(7-25(13)2)14-15(23)26-6-9(17(20,21)22)3-4-12(26)24-14/h3-7H,8H2,1-2H3. The predicted octanol–water partition coefficient (Wildman–Crippen LogP) is 4.36. The van der Waals surface area contributed by atoms with Crippen LogP contribution in [-0.2, 0) is 13.2 Å². The summed E-state index contributed by atoms with van der Waals surface area (Å²) in [4.78, 5) is 16.7. The molecule has 0 aliphatic heterocycles. The van der Waals surface area contributed by atoms with Crippen molar-refractivity contribution in [2.45, 2.75) is 19.0 Å². The number of hydrogen-bond acceptors (Lipinski definition) is 3. The van der Waals surface area contributed by atoms with Gasteiger partial charge in [0.25, 0.3) is 5.92 Å². The van der Waals surface area contributed by atoms with Crippen molar-refractivity contribution < 1.29 is 26.7 Å². The van der Waals surface area contributed by atoms with Crippen LogP contribution in [-0.4, -0.2) is 26.5 Å². The minimum atomic E-state index is -4.52. The molecule has 11 heteroatoms. The van der Waals surface area contributed by atoms with E-state index in [9.17, 15) is 26.7 Å². The molecular weight excluding hydrogens is 500 g/mol. The molecule has 0 N–H and O–H groups in total. The Kier molecular flexibility index (Phi) is 5.15. The van der Waals surface area contributed by atoms with Crippen LogP contribution in [0.25, 0.3) is 16.9 Å². The van der Waals surface area contributed by atoms with E-state index in [4.69, 9.17) is 4.74 Å². The fourth-order valence-electron chi connectivity index (χ4n) is 2.49. The SMILES string of the molecule is Cn1cc(-c2nc3ccc(C(F)(F)F)cn3c2I)c(=O)cc1OCC(C)(F)F. The highest BCUT2D eigenvalue weighted by molar-refractivity contribution is 14.1. The average Bonchev–Trinajstić information content (AvgIpc) is 2.90. The molecule has 0 atom stereocenters. The summed E-state index contributed by atoms with van der Waals surface area (Å²) in [7, 11) is 1.50. The lowest BCUT2D eigenvalue weighted by atomic mass is 10.2. The fourth-order valence-corrected chi connectivity index (χ4v) is 3.29. The summed E-state index contributed by atoms with van der Waals surface area (Å²) in [6, 6.07) is 3.16. The van der Waals surface area contributed by atoms with Crippen molar-refractivity contribution in [3.05, 3.63) is 50.1 Å². The third kappa shape index (κ3) is 4.13. The molecule has 3 heterocycles. The quantitative estimate of drug-likeness (QED) is 0.385. The predicted molar refractivity (Wildman–Crippen MR) is 99.7 cm³/mol. The molecule has 0 aromatic carbocycles. The van der Waals surface area contributed by atoms with E-state index in [0.29, 0.717) is 10.6 Å².